The summed E-state index contributed by atoms with van der Waals surface area (Å²) in [6, 6.07) is 3.65. The van der Waals surface area contributed by atoms with E-state index in [9.17, 15) is 8.78 Å². The molecule has 1 aromatic carbocycles. The summed E-state index contributed by atoms with van der Waals surface area (Å²) in [7, 11) is 0. The first-order chi connectivity index (χ1) is 7.46. The lowest BCUT2D eigenvalue weighted by Gasteiger charge is -2.22. The van der Waals surface area contributed by atoms with Crippen LogP contribution in [0.5, 0.6) is 5.75 Å². The first-order valence-electron chi connectivity index (χ1n) is 5.23. The van der Waals surface area contributed by atoms with E-state index in [0.29, 0.717) is 13.0 Å². The number of hydrogen-bond acceptors (Lipinski definition) is 2. The van der Waals surface area contributed by atoms with Gasteiger partial charge in [0, 0.05) is 0 Å². The van der Waals surface area contributed by atoms with Crippen molar-refractivity contribution in [3.8, 4) is 5.75 Å². The molecule has 2 nitrogen and oxygen atoms in total. The van der Waals surface area contributed by atoms with Crippen molar-refractivity contribution in [1.82, 2.24) is 0 Å². The van der Waals surface area contributed by atoms with Gasteiger partial charge in [-0.15, -0.1) is 0 Å². The van der Waals surface area contributed by atoms with Crippen LogP contribution in [-0.4, -0.2) is 13.2 Å². The van der Waals surface area contributed by atoms with Gasteiger partial charge in [0.1, 0.15) is 0 Å². The number of para-hydroxylation sites is 1. The van der Waals surface area contributed by atoms with Gasteiger partial charge < -0.3 is 10.5 Å². The molecule has 0 heterocycles. The highest BCUT2D eigenvalue weighted by Gasteiger charge is 2.16. The first-order valence-corrected chi connectivity index (χ1v) is 5.23. The summed E-state index contributed by atoms with van der Waals surface area (Å²) >= 11 is 0. The SMILES string of the molecule is CC(C)(CN)CCOc1c(F)cccc1F. The third-order valence-corrected chi connectivity index (χ3v) is 2.50. The van der Waals surface area contributed by atoms with Crippen molar-refractivity contribution in [2.24, 2.45) is 11.1 Å². The molecule has 0 spiro atoms. The van der Waals surface area contributed by atoms with E-state index in [1.165, 1.54) is 18.2 Å². The van der Waals surface area contributed by atoms with Crippen LogP contribution in [0.25, 0.3) is 0 Å². The van der Waals surface area contributed by atoms with E-state index in [1.54, 1.807) is 0 Å². The highest BCUT2D eigenvalue weighted by atomic mass is 19.1. The Morgan fingerprint density at radius 1 is 1.25 bits per heavy atom. The van der Waals surface area contributed by atoms with Gasteiger partial charge in [-0.1, -0.05) is 19.9 Å². The molecule has 0 radical (unpaired) electrons. The quantitative estimate of drug-likeness (QED) is 0.842. The molecule has 0 bridgehead atoms. The number of ether oxygens (including phenoxy) is 1. The van der Waals surface area contributed by atoms with Crippen LogP contribution >= 0.6 is 0 Å². The highest BCUT2D eigenvalue weighted by Crippen LogP contribution is 2.23. The summed E-state index contributed by atoms with van der Waals surface area (Å²) in [6.07, 6.45) is 0.650. The molecule has 0 aromatic heterocycles. The van der Waals surface area contributed by atoms with E-state index in [1.807, 2.05) is 13.8 Å². The fourth-order valence-corrected chi connectivity index (χ4v) is 1.15. The average Bonchev–Trinajstić information content (AvgIpc) is 2.22. The van der Waals surface area contributed by atoms with Crippen molar-refractivity contribution < 1.29 is 13.5 Å². The Hall–Kier alpha value is -1.16. The molecule has 4 heteroatoms. The van der Waals surface area contributed by atoms with Crippen molar-refractivity contribution in [2.75, 3.05) is 13.2 Å². The van der Waals surface area contributed by atoms with E-state index in [2.05, 4.69) is 0 Å². The Labute approximate surface area is 94.4 Å². The molecule has 0 unspecified atom stereocenters. The summed E-state index contributed by atoms with van der Waals surface area (Å²) in [4.78, 5) is 0. The molecule has 0 amide bonds. The van der Waals surface area contributed by atoms with Gasteiger partial charge >= 0.3 is 0 Å². The lowest BCUT2D eigenvalue weighted by molar-refractivity contribution is 0.219. The zero-order valence-corrected chi connectivity index (χ0v) is 9.59. The van der Waals surface area contributed by atoms with Gasteiger partial charge in [-0.25, -0.2) is 8.78 Å². The Morgan fingerprint density at radius 3 is 2.31 bits per heavy atom. The van der Waals surface area contributed by atoms with E-state index in [0.717, 1.165) is 0 Å². The molecule has 1 rings (SSSR count). The summed E-state index contributed by atoms with van der Waals surface area (Å²) < 4.78 is 31.4. The van der Waals surface area contributed by atoms with Crippen LogP contribution in [0.1, 0.15) is 20.3 Å². The fourth-order valence-electron chi connectivity index (χ4n) is 1.15. The van der Waals surface area contributed by atoms with Crippen molar-refractivity contribution in [1.29, 1.82) is 0 Å². The Morgan fingerprint density at radius 2 is 1.81 bits per heavy atom. The largest absolute Gasteiger partial charge is 0.488 e. The molecular weight excluding hydrogens is 212 g/mol. The number of nitrogens with two attached hydrogens (primary N) is 1. The summed E-state index contributed by atoms with van der Waals surface area (Å²) in [6.45, 7) is 4.72. The topological polar surface area (TPSA) is 35.2 Å². The molecule has 0 atom stereocenters. The number of benzene rings is 1. The van der Waals surface area contributed by atoms with Gasteiger partial charge in [0.25, 0.3) is 0 Å². The van der Waals surface area contributed by atoms with Crippen LogP contribution in [0, 0.1) is 17.0 Å². The van der Waals surface area contributed by atoms with Gasteiger partial charge in [0.15, 0.2) is 17.4 Å². The average molecular weight is 229 g/mol. The maximum absolute atomic E-state index is 13.2. The standard InChI is InChI=1S/C12H17F2NO/c1-12(2,8-15)6-7-16-11-9(13)4-3-5-10(11)14/h3-5H,6-8,15H2,1-2H3. The molecule has 0 fully saturated rings. The van der Waals surface area contributed by atoms with E-state index >= 15 is 0 Å². The van der Waals surface area contributed by atoms with Crippen molar-refractivity contribution in [3.63, 3.8) is 0 Å². The van der Waals surface area contributed by atoms with Gasteiger partial charge in [-0.05, 0) is 30.5 Å². The van der Waals surface area contributed by atoms with Gasteiger partial charge in [-0.3, -0.25) is 0 Å². The molecule has 0 saturated carbocycles. The van der Waals surface area contributed by atoms with Crippen molar-refractivity contribution in [3.05, 3.63) is 29.8 Å². The van der Waals surface area contributed by atoms with E-state index < -0.39 is 11.6 Å². The third-order valence-electron chi connectivity index (χ3n) is 2.50. The number of rotatable bonds is 5. The molecule has 16 heavy (non-hydrogen) atoms. The molecular formula is C12H17F2NO. The normalized spacial score (nSPS) is 11.6. The number of hydrogen-bond donors (Lipinski definition) is 1. The van der Waals surface area contributed by atoms with E-state index in [-0.39, 0.29) is 17.8 Å². The lowest BCUT2D eigenvalue weighted by atomic mass is 9.90. The molecule has 1 aromatic rings. The molecule has 0 saturated heterocycles. The highest BCUT2D eigenvalue weighted by molar-refractivity contribution is 5.25. The number of halogens is 2. The van der Waals surface area contributed by atoms with Crippen molar-refractivity contribution >= 4 is 0 Å². The zero-order chi connectivity index (χ0) is 12.2. The van der Waals surface area contributed by atoms with Crippen molar-refractivity contribution in [2.45, 2.75) is 20.3 Å². The predicted octanol–water partition coefficient (Wildman–Crippen LogP) is 2.72. The monoisotopic (exact) mass is 229 g/mol. The summed E-state index contributed by atoms with van der Waals surface area (Å²) in [5.74, 6) is -1.66. The predicted molar refractivity (Wildman–Crippen MR) is 59.3 cm³/mol. The fraction of sp³-hybridized carbons (Fsp3) is 0.500. The van der Waals surface area contributed by atoms with Gasteiger partial charge in [0.2, 0.25) is 0 Å². The van der Waals surface area contributed by atoms with Crippen LogP contribution < -0.4 is 10.5 Å². The lowest BCUT2D eigenvalue weighted by Crippen LogP contribution is -2.25. The summed E-state index contributed by atoms with van der Waals surface area (Å²) in [5, 5.41) is 0. The summed E-state index contributed by atoms with van der Waals surface area (Å²) in [5.41, 5.74) is 5.46. The smallest absolute Gasteiger partial charge is 0.190 e. The maximum Gasteiger partial charge on any atom is 0.190 e. The minimum atomic E-state index is -0.675. The molecule has 2 N–H and O–H groups in total. The zero-order valence-electron chi connectivity index (χ0n) is 9.59. The van der Waals surface area contributed by atoms with Gasteiger partial charge in [0.05, 0.1) is 6.61 Å². The third kappa shape index (κ3) is 3.45. The van der Waals surface area contributed by atoms with Crippen LogP contribution in [0.3, 0.4) is 0 Å². The molecule has 0 aliphatic carbocycles. The Kier molecular flexibility index (Phi) is 4.24. The second-order valence-electron chi connectivity index (χ2n) is 4.52. The van der Waals surface area contributed by atoms with Crippen LogP contribution in [0.15, 0.2) is 18.2 Å². The molecule has 90 valence electrons. The Bertz CT molecular complexity index is 333. The second kappa shape index (κ2) is 5.25. The van der Waals surface area contributed by atoms with Crippen LogP contribution in [0.4, 0.5) is 8.78 Å². The molecule has 0 aliphatic rings. The Balaban J connectivity index is 2.56. The maximum atomic E-state index is 13.2. The van der Waals surface area contributed by atoms with Crippen LogP contribution in [0.2, 0.25) is 0 Å². The van der Waals surface area contributed by atoms with Crippen LogP contribution in [-0.2, 0) is 0 Å². The minimum Gasteiger partial charge on any atom is -0.488 e. The molecule has 0 aliphatic heterocycles. The first kappa shape index (κ1) is 12.9. The van der Waals surface area contributed by atoms with Gasteiger partial charge in [-0.2, -0.15) is 0 Å². The second-order valence-corrected chi connectivity index (χ2v) is 4.52. The van der Waals surface area contributed by atoms with E-state index in [4.69, 9.17) is 10.5 Å². The minimum absolute atomic E-state index is 0.0816.